The van der Waals surface area contributed by atoms with E-state index >= 15 is 0 Å². The van der Waals surface area contributed by atoms with Gasteiger partial charge in [0.1, 0.15) is 6.07 Å². The number of rotatable bonds is 2. The number of hydrogen-bond acceptors (Lipinski definition) is 6. The van der Waals surface area contributed by atoms with Gasteiger partial charge < -0.3 is 20.3 Å². The van der Waals surface area contributed by atoms with Crippen LogP contribution < -0.4 is 15.5 Å². The molecule has 1 aromatic carbocycles. The van der Waals surface area contributed by atoms with E-state index in [0.717, 1.165) is 38.3 Å². The first-order valence-electron chi connectivity index (χ1n) is 9.29. The zero-order valence-electron chi connectivity index (χ0n) is 15.7. The number of hydrogen-bond donors (Lipinski definition) is 2. The standard InChI is InChI=1S/C20H20ClN5O.2ClH/c21-13-6-17(18(8-22)24-9-13)25-14-5-12-11-27-4-3-26-19-1-2-23-10-16(19)15(7-14)20(12)26;;/h5-7,9,16,19,23,25H,1-4,10-11H2;2*1H/t16-,19-;;/m0../s1. The Morgan fingerprint density at radius 3 is 3.00 bits per heavy atom. The number of nitriles is 1. The highest BCUT2D eigenvalue weighted by Crippen LogP contribution is 2.47. The van der Waals surface area contributed by atoms with Crippen molar-refractivity contribution in [1.82, 2.24) is 10.3 Å². The predicted octanol–water partition coefficient (Wildman–Crippen LogP) is 3.99. The second kappa shape index (κ2) is 8.95. The van der Waals surface area contributed by atoms with Crippen LogP contribution in [0.3, 0.4) is 0 Å². The number of aromatic nitrogens is 1. The molecule has 0 saturated carbocycles. The van der Waals surface area contributed by atoms with Crippen molar-refractivity contribution in [1.29, 1.82) is 5.26 Å². The van der Waals surface area contributed by atoms with Crippen LogP contribution in [0.4, 0.5) is 17.1 Å². The van der Waals surface area contributed by atoms with Gasteiger partial charge >= 0.3 is 0 Å². The third-order valence-corrected chi connectivity index (χ3v) is 5.93. The second-order valence-electron chi connectivity index (χ2n) is 7.27. The highest BCUT2D eigenvalue weighted by Gasteiger charge is 2.41. The first-order chi connectivity index (χ1) is 13.2. The number of pyridine rings is 1. The summed E-state index contributed by atoms with van der Waals surface area (Å²) in [6.07, 6.45) is 2.64. The van der Waals surface area contributed by atoms with E-state index in [2.05, 4.69) is 38.7 Å². The summed E-state index contributed by atoms with van der Waals surface area (Å²) in [5, 5.41) is 16.8. The van der Waals surface area contributed by atoms with Crippen molar-refractivity contribution in [2.45, 2.75) is 25.0 Å². The number of halogens is 3. The van der Waals surface area contributed by atoms with Crippen LogP contribution in [0.15, 0.2) is 24.4 Å². The fourth-order valence-electron chi connectivity index (χ4n) is 4.64. The summed E-state index contributed by atoms with van der Waals surface area (Å²) in [5.41, 5.74) is 5.82. The lowest BCUT2D eigenvalue weighted by atomic mass is 9.89. The molecule has 1 saturated heterocycles. The van der Waals surface area contributed by atoms with E-state index < -0.39 is 0 Å². The van der Waals surface area contributed by atoms with Gasteiger partial charge in [-0.1, -0.05) is 11.6 Å². The van der Waals surface area contributed by atoms with Gasteiger partial charge in [-0.3, -0.25) is 0 Å². The topological polar surface area (TPSA) is 73.2 Å². The minimum Gasteiger partial charge on any atom is -0.375 e. The molecule has 0 radical (unpaired) electrons. The number of nitrogens with zero attached hydrogens (tertiary/aromatic N) is 3. The maximum atomic E-state index is 9.35. The summed E-state index contributed by atoms with van der Waals surface area (Å²) in [6.45, 7) is 4.38. The zero-order chi connectivity index (χ0) is 18.4. The molecule has 0 amide bonds. The average molecular weight is 455 g/mol. The maximum absolute atomic E-state index is 9.35. The summed E-state index contributed by atoms with van der Waals surface area (Å²) >= 11 is 6.09. The highest BCUT2D eigenvalue weighted by molar-refractivity contribution is 6.30. The van der Waals surface area contributed by atoms with Crippen LogP contribution >= 0.6 is 36.4 Å². The lowest BCUT2D eigenvalue weighted by Crippen LogP contribution is -2.44. The number of anilines is 3. The Bertz CT molecular complexity index is 948. The molecule has 5 rings (SSSR count). The molecule has 2 N–H and O–H groups in total. The largest absolute Gasteiger partial charge is 0.375 e. The van der Waals surface area contributed by atoms with Crippen molar-refractivity contribution in [3.63, 3.8) is 0 Å². The Balaban J connectivity index is 0.00000120. The van der Waals surface area contributed by atoms with Gasteiger partial charge in [-0.15, -0.1) is 24.8 Å². The smallest absolute Gasteiger partial charge is 0.164 e. The summed E-state index contributed by atoms with van der Waals surface area (Å²) < 4.78 is 5.86. The van der Waals surface area contributed by atoms with E-state index in [-0.39, 0.29) is 24.8 Å². The fraction of sp³-hybridized carbons (Fsp3) is 0.400. The molecule has 4 heterocycles. The van der Waals surface area contributed by atoms with Crippen LogP contribution in [0.1, 0.15) is 29.2 Å². The number of piperidine rings is 1. The van der Waals surface area contributed by atoms with E-state index in [4.69, 9.17) is 16.3 Å². The van der Waals surface area contributed by atoms with E-state index in [9.17, 15) is 5.26 Å². The molecule has 1 aromatic heterocycles. The van der Waals surface area contributed by atoms with Crippen molar-refractivity contribution in [2.24, 2.45) is 0 Å². The molecule has 3 aliphatic rings. The lowest BCUT2D eigenvalue weighted by molar-refractivity contribution is 0.130. The summed E-state index contributed by atoms with van der Waals surface area (Å²) in [5.74, 6) is 0.486. The van der Waals surface area contributed by atoms with Crippen LogP contribution in [0.25, 0.3) is 0 Å². The quantitative estimate of drug-likeness (QED) is 0.715. The van der Waals surface area contributed by atoms with E-state index in [0.29, 0.717) is 35.0 Å². The van der Waals surface area contributed by atoms with Crippen molar-refractivity contribution < 1.29 is 4.74 Å². The maximum Gasteiger partial charge on any atom is 0.164 e. The minimum atomic E-state index is 0. The van der Waals surface area contributed by atoms with Gasteiger partial charge in [0.05, 0.1) is 23.9 Å². The van der Waals surface area contributed by atoms with Crippen molar-refractivity contribution in [3.05, 3.63) is 46.2 Å². The number of fused-ring (bicyclic) bond motifs is 3. The van der Waals surface area contributed by atoms with Gasteiger partial charge in [0, 0.05) is 48.2 Å². The molecule has 6 nitrogen and oxygen atoms in total. The molecule has 0 spiro atoms. The van der Waals surface area contributed by atoms with Crippen LogP contribution in [0, 0.1) is 11.3 Å². The van der Waals surface area contributed by atoms with Crippen molar-refractivity contribution in [3.8, 4) is 6.07 Å². The molecule has 2 atom stereocenters. The van der Waals surface area contributed by atoms with Crippen LogP contribution in [-0.4, -0.2) is 37.3 Å². The molecule has 29 heavy (non-hydrogen) atoms. The van der Waals surface area contributed by atoms with Crippen molar-refractivity contribution in [2.75, 3.05) is 36.5 Å². The van der Waals surface area contributed by atoms with Crippen molar-refractivity contribution >= 4 is 53.5 Å². The molecule has 9 heteroatoms. The summed E-state index contributed by atoms with van der Waals surface area (Å²) in [4.78, 5) is 6.66. The molecule has 2 aromatic rings. The molecule has 3 aliphatic heterocycles. The molecule has 0 unspecified atom stereocenters. The number of nitrogens with one attached hydrogen (secondary N) is 2. The Morgan fingerprint density at radius 2 is 2.17 bits per heavy atom. The van der Waals surface area contributed by atoms with Gasteiger partial charge in [-0.2, -0.15) is 5.26 Å². The van der Waals surface area contributed by atoms with Gasteiger partial charge in [0.2, 0.25) is 0 Å². The van der Waals surface area contributed by atoms with Gasteiger partial charge in [-0.05, 0) is 36.7 Å². The molecule has 1 fully saturated rings. The molecular formula is C20H22Cl3N5O. The number of benzene rings is 1. The third-order valence-electron chi connectivity index (χ3n) is 5.72. The second-order valence-corrected chi connectivity index (χ2v) is 7.71. The third kappa shape index (κ3) is 3.86. The molecule has 0 bridgehead atoms. The predicted molar refractivity (Wildman–Crippen MR) is 119 cm³/mol. The Hall–Kier alpha value is -1.75. The van der Waals surface area contributed by atoms with Gasteiger partial charge in [0.15, 0.2) is 5.69 Å². The van der Waals surface area contributed by atoms with Gasteiger partial charge in [-0.25, -0.2) is 4.98 Å². The van der Waals surface area contributed by atoms with Crippen LogP contribution in [0.2, 0.25) is 5.02 Å². The monoisotopic (exact) mass is 453 g/mol. The SMILES string of the molecule is Cl.Cl.N#Cc1ncc(Cl)cc1Nc1cc2c3c(c1)[C@@H]1CNCC[C@@H]1N3CCOC2. The molecule has 154 valence electrons. The number of ether oxygens (including phenoxy) is 1. The van der Waals surface area contributed by atoms with Gasteiger partial charge in [0.25, 0.3) is 0 Å². The Morgan fingerprint density at radius 1 is 1.31 bits per heavy atom. The Kier molecular flexibility index (Phi) is 6.77. The summed E-state index contributed by atoms with van der Waals surface area (Å²) in [7, 11) is 0. The zero-order valence-corrected chi connectivity index (χ0v) is 18.0. The Labute approximate surface area is 187 Å². The lowest BCUT2D eigenvalue weighted by Gasteiger charge is -2.33. The van der Waals surface area contributed by atoms with E-state index in [1.165, 1.54) is 23.0 Å². The van der Waals surface area contributed by atoms with Crippen LogP contribution in [-0.2, 0) is 11.3 Å². The fourth-order valence-corrected chi connectivity index (χ4v) is 4.79. The molecular weight excluding hydrogens is 433 g/mol. The average Bonchev–Trinajstić information content (AvgIpc) is 2.84. The normalized spacial score (nSPS) is 21.6. The minimum absolute atomic E-state index is 0. The summed E-state index contributed by atoms with van der Waals surface area (Å²) in [6, 6.07) is 8.75. The first kappa shape index (κ1) is 21.9. The molecule has 0 aliphatic carbocycles. The van der Waals surface area contributed by atoms with E-state index in [1.54, 1.807) is 6.07 Å². The van der Waals surface area contributed by atoms with E-state index in [1.807, 2.05) is 0 Å². The van der Waals surface area contributed by atoms with Crippen LogP contribution in [0.5, 0.6) is 0 Å². The first-order valence-corrected chi connectivity index (χ1v) is 9.67. The highest BCUT2D eigenvalue weighted by atomic mass is 35.5.